The van der Waals surface area contributed by atoms with Gasteiger partial charge in [-0.15, -0.1) is 0 Å². The molecule has 0 unspecified atom stereocenters. The fraction of sp³-hybridized carbons (Fsp3) is 0.500. The summed E-state index contributed by atoms with van der Waals surface area (Å²) in [6.07, 6.45) is 14.0. The Morgan fingerprint density at radius 1 is 1.09 bits per heavy atom. The van der Waals surface area contributed by atoms with Crippen LogP contribution in [0.15, 0.2) is 12.2 Å². The molecule has 0 amide bonds. The first-order valence-corrected chi connectivity index (χ1v) is 9.19. The Bertz CT molecular complexity index is 84.1. The molecule has 0 N–H and O–H groups in total. The zero-order valence-corrected chi connectivity index (χ0v) is 9.99. The van der Waals surface area contributed by atoms with Gasteiger partial charge in [-0.2, -0.15) is 0 Å². The molecular weight excluding hydrogens is 362 g/mol. The van der Waals surface area contributed by atoms with Gasteiger partial charge >= 0.3 is 35.3 Å². The molecule has 0 atom stereocenters. The van der Waals surface area contributed by atoms with Gasteiger partial charge in [0.2, 0.25) is 0 Å². The molecule has 0 aliphatic heterocycles. The van der Waals surface area contributed by atoms with E-state index in [1.54, 1.807) is 0 Å². The molecule has 0 nitrogen and oxygen atoms in total. The summed E-state index contributed by atoms with van der Waals surface area (Å²) in [4.78, 5) is 0. The number of rotatable bonds is 0. The van der Waals surface area contributed by atoms with Crippen molar-refractivity contribution in [1.29, 1.82) is 0 Å². The molecule has 1 rings (SSSR count). The van der Waals surface area contributed by atoms with Crippen LogP contribution in [-0.4, -0.2) is 0 Å². The van der Waals surface area contributed by atoms with E-state index >= 15 is 0 Å². The number of hydrogen-bond acceptors (Lipinski definition) is 0. The van der Waals surface area contributed by atoms with E-state index in [9.17, 15) is 0 Å². The predicted molar refractivity (Wildman–Crippen MR) is 47.9 cm³/mol. The third-order valence-electron chi connectivity index (χ3n) is 1.37. The van der Waals surface area contributed by atoms with E-state index in [1.165, 1.54) is 25.7 Å². The van der Waals surface area contributed by atoms with Crippen LogP contribution < -0.4 is 0 Å². The summed E-state index contributed by atoms with van der Waals surface area (Å²) in [5.41, 5.74) is 0. The van der Waals surface area contributed by atoms with Crippen molar-refractivity contribution in [3.8, 4) is 0 Å². The van der Waals surface area contributed by atoms with E-state index in [1.807, 2.05) is 0 Å². The molecule has 2 radical (unpaired) electrons. The summed E-state index contributed by atoms with van der Waals surface area (Å²) >= 11 is -0.472. The third-order valence-corrected chi connectivity index (χ3v) is 1.37. The number of hydrogen-bond donors (Lipinski definition) is 0. The molecule has 0 fully saturated rings. The first-order chi connectivity index (χ1) is 5.41. The fourth-order valence-corrected chi connectivity index (χ4v) is 0.874. The van der Waals surface area contributed by atoms with E-state index < -0.39 is 16.5 Å². The van der Waals surface area contributed by atoms with Crippen LogP contribution in [-0.2, 0) is 16.5 Å². The van der Waals surface area contributed by atoms with Crippen molar-refractivity contribution >= 4 is 18.8 Å². The second-order valence-electron chi connectivity index (χ2n) is 2.19. The van der Waals surface area contributed by atoms with E-state index in [4.69, 9.17) is 18.8 Å². The maximum atomic E-state index is 4.88. The second kappa shape index (κ2) is 11.0. The van der Waals surface area contributed by atoms with Gasteiger partial charge < -0.3 is 0 Å². The van der Waals surface area contributed by atoms with Crippen LogP contribution in [0.2, 0.25) is 0 Å². The topological polar surface area (TPSA) is 0 Å². The molecule has 3 heteroatoms. The molecule has 0 aromatic carbocycles. The van der Waals surface area contributed by atoms with Crippen molar-refractivity contribution in [2.45, 2.75) is 25.7 Å². The molecule has 11 heavy (non-hydrogen) atoms. The fourth-order valence-electron chi connectivity index (χ4n) is 0.874. The summed E-state index contributed by atoms with van der Waals surface area (Å²) in [5, 5.41) is 0. The van der Waals surface area contributed by atoms with E-state index in [0.717, 1.165) is 0 Å². The molecule has 1 aliphatic carbocycles. The van der Waals surface area contributed by atoms with E-state index in [0.29, 0.717) is 0 Å². The Labute approximate surface area is 85.7 Å². The first kappa shape index (κ1) is 12.0. The molecule has 0 bridgehead atoms. The van der Waals surface area contributed by atoms with Crippen molar-refractivity contribution in [1.82, 2.24) is 0 Å². The van der Waals surface area contributed by atoms with Gasteiger partial charge in [-0.05, 0) is 32.1 Å². The molecule has 0 saturated carbocycles. The van der Waals surface area contributed by atoms with Gasteiger partial charge in [0.1, 0.15) is 0 Å². The molecular formula is C8H12Cl2Pt. The Hall–Kier alpha value is 1.01. The van der Waals surface area contributed by atoms with Crippen LogP contribution in [0.4, 0.5) is 0 Å². The van der Waals surface area contributed by atoms with E-state index in [-0.39, 0.29) is 0 Å². The van der Waals surface area contributed by atoms with Crippen LogP contribution in [0, 0.1) is 12.8 Å². The van der Waals surface area contributed by atoms with Crippen molar-refractivity contribution in [2.75, 3.05) is 0 Å². The standard InChI is InChI=1S/C8H12.2ClH.Pt/c1-2-4-6-8-7-5-3-1;;;/h1-4H,5-8H2;2*1H;/q;;;+2/p-2/b3-1-;;;. The number of halogens is 2. The van der Waals surface area contributed by atoms with Crippen LogP contribution in [0.5, 0.6) is 0 Å². The molecule has 0 saturated heterocycles. The molecule has 0 spiro atoms. The monoisotopic (exact) mass is 373 g/mol. The average Bonchev–Trinajstić information content (AvgIpc) is 1.86. The zero-order chi connectivity index (χ0) is 8.36. The van der Waals surface area contributed by atoms with Crippen LogP contribution in [0.1, 0.15) is 25.7 Å². The summed E-state index contributed by atoms with van der Waals surface area (Å²) in [7, 11) is 9.75. The Balaban J connectivity index is 0.000000292. The second-order valence-corrected chi connectivity index (χ2v) is 5.47. The van der Waals surface area contributed by atoms with Crippen LogP contribution in [0.3, 0.4) is 0 Å². The SMILES string of the molecule is [CH]1[CH]CCCC/C=C\1.[Cl][Pt][Cl]. The van der Waals surface area contributed by atoms with Crippen molar-refractivity contribution in [2.24, 2.45) is 0 Å². The molecule has 0 aromatic rings. The van der Waals surface area contributed by atoms with Crippen molar-refractivity contribution in [3.05, 3.63) is 25.0 Å². The quantitative estimate of drug-likeness (QED) is 0.604. The Morgan fingerprint density at radius 3 is 2.45 bits per heavy atom. The third kappa shape index (κ3) is 11.0. The van der Waals surface area contributed by atoms with Crippen molar-refractivity contribution in [3.63, 3.8) is 0 Å². The van der Waals surface area contributed by atoms with Gasteiger partial charge in [0.25, 0.3) is 0 Å². The predicted octanol–water partition coefficient (Wildman–Crippen LogP) is 3.90. The van der Waals surface area contributed by atoms with E-state index in [2.05, 4.69) is 25.0 Å². The van der Waals surface area contributed by atoms with Crippen LogP contribution in [0.25, 0.3) is 0 Å². The van der Waals surface area contributed by atoms with Crippen LogP contribution >= 0.6 is 18.8 Å². The summed E-state index contributed by atoms with van der Waals surface area (Å²) in [5.74, 6) is 0. The molecule has 0 heterocycles. The van der Waals surface area contributed by atoms with Gasteiger partial charge in [0.15, 0.2) is 0 Å². The first-order valence-electron chi connectivity index (χ1n) is 3.56. The van der Waals surface area contributed by atoms with Gasteiger partial charge in [-0.1, -0.05) is 18.6 Å². The minimum atomic E-state index is -0.472. The summed E-state index contributed by atoms with van der Waals surface area (Å²) < 4.78 is 0. The van der Waals surface area contributed by atoms with Crippen molar-refractivity contribution < 1.29 is 16.5 Å². The van der Waals surface area contributed by atoms with Gasteiger partial charge in [0, 0.05) is 0 Å². The number of allylic oxidation sites excluding steroid dienone is 2. The summed E-state index contributed by atoms with van der Waals surface area (Å²) in [6.45, 7) is 0. The Morgan fingerprint density at radius 2 is 1.73 bits per heavy atom. The normalized spacial score (nSPS) is 20.9. The van der Waals surface area contributed by atoms with Gasteiger partial charge in [-0.3, -0.25) is 0 Å². The molecule has 1 aliphatic rings. The van der Waals surface area contributed by atoms with Gasteiger partial charge in [0.05, 0.1) is 0 Å². The zero-order valence-electron chi connectivity index (χ0n) is 6.21. The van der Waals surface area contributed by atoms with Gasteiger partial charge in [-0.25, -0.2) is 0 Å². The molecule has 68 valence electrons. The maximum absolute atomic E-state index is 4.88. The Kier molecular flexibility index (Phi) is 12.0. The minimum absolute atomic E-state index is 0.472. The average molecular weight is 374 g/mol. The summed E-state index contributed by atoms with van der Waals surface area (Å²) in [6, 6.07) is 0. The molecule has 0 aromatic heterocycles.